The number of fused-ring (bicyclic) bond motifs is 1. The van der Waals surface area contributed by atoms with Gasteiger partial charge < -0.3 is 20.3 Å². The van der Waals surface area contributed by atoms with Crippen molar-refractivity contribution in [2.45, 2.75) is 23.2 Å². The highest BCUT2D eigenvalue weighted by atomic mass is 32.2. The number of nitrogens with two attached hydrogens (primary N) is 1. The fourth-order valence-electron chi connectivity index (χ4n) is 4.01. The third-order valence-electron chi connectivity index (χ3n) is 5.83. The Morgan fingerprint density at radius 1 is 1.18 bits per heavy atom. The summed E-state index contributed by atoms with van der Waals surface area (Å²) in [6.07, 6.45) is 3.01. The van der Waals surface area contributed by atoms with Crippen molar-refractivity contribution < 1.29 is 22.7 Å². The number of piperazine rings is 1. The minimum Gasteiger partial charge on any atom is -0.477 e. The first-order valence-electron chi connectivity index (χ1n) is 10.1. The molecule has 5 rings (SSSR count). The maximum atomic E-state index is 15.1. The molecule has 2 aromatic heterocycles. The Kier molecular flexibility index (Phi) is 5.10. The Morgan fingerprint density at radius 2 is 1.88 bits per heavy atom. The molecule has 3 N–H and O–H groups in total. The lowest BCUT2D eigenvalue weighted by molar-refractivity contribution is 0.0695. The van der Waals surface area contributed by atoms with E-state index >= 15 is 4.39 Å². The molecule has 33 heavy (non-hydrogen) atoms. The zero-order valence-corrected chi connectivity index (χ0v) is 18.8. The number of aromatic carboxylic acids is 1. The normalized spacial score (nSPS) is 17.5. The molecule has 0 atom stereocenters. The van der Waals surface area contributed by atoms with Crippen LogP contribution in [-0.2, 0) is 10.0 Å². The molecule has 0 unspecified atom stereocenters. The standard InChI is InChI=1S/C19H19FN6O5S2/c20-13-7-11-14(26(10-1-2-10)9-12(16(11)27)17(28)29)8-15(13)24-3-5-25(6-4-24)33(30,31)19-23-22-18(21)32-19/h7-10H,1-6H2,(H2,21,22)(H,28,29). The summed E-state index contributed by atoms with van der Waals surface area (Å²) in [7, 11) is -3.84. The topological polar surface area (TPSA) is 152 Å². The molecule has 3 heterocycles. The summed E-state index contributed by atoms with van der Waals surface area (Å²) in [4.78, 5) is 25.8. The van der Waals surface area contributed by atoms with E-state index in [4.69, 9.17) is 5.73 Å². The van der Waals surface area contributed by atoms with Crippen LogP contribution in [0.2, 0.25) is 0 Å². The number of carboxylic acids is 1. The lowest BCUT2D eigenvalue weighted by Gasteiger charge is -2.35. The van der Waals surface area contributed by atoms with Crippen LogP contribution in [-0.4, -0.2) is 64.7 Å². The summed E-state index contributed by atoms with van der Waals surface area (Å²) < 4.78 is 43.3. The van der Waals surface area contributed by atoms with Gasteiger partial charge in [0.1, 0.15) is 11.4 Å². The minimum absolute atomic E-state index is 0.0122. The van der Waals surface area contributed by atoms with Gasteiger partial charge in [-0.15, -0.1) is 10.2 Å². The van der Waals surface area contributed by atoms with Crippen molar-refractivity contribution in [2.75, 3.05) is 36.8 Å². The number of nitrogen functional groups attached to an aromatic ring is 1. The summed E-state index contributed by atoms with van der Waals surface area (Å²) in [5, 5.41) is 16.6. The molecule has 1 saturated heterocycles. The molecule has 11 nitrogen and oxygen atoms in total. The third kappa shape index (κ3) is 3.73. The summed E-state index contributed by atoms with van der Waals surface area (Å²) in [6, 6.07) is 2.68. The number of nitrogens with zero attached hydrogens (tertiary/aromatic N) is 5. The highest BCUT2D eigenvalue weighted by molar-refractivity contribution is 7.91. The average molecular weight is 495 g/mol. The molecule has 3 aromatic rings. The van der Waals surface area contributed by atoms with Gasteiger partial charge in [0.05, 0.1) is 11.2 Å². The van der Waals surface area contributed by atoms with Crippen LogP contribution in [0.1, 0.15) is 29.2 Å². The van der Waals surface area contributed by atoms with Crippen LogP contribution in [0.25, 0.3) is 10.9 Å². The molecule has 14 heteroatoms. The minimum atomic E-state index is -3.84. The lowest BCUT2D eigenvalue weighted by Crippen LogP contribution is -2.49. The van der Waals surface area contributed by atoms with Gasteiger partial charge in [-0.1, -0.05) is 11.3 Å². The summed E-state index contributed by atoms with van der Waals surface area (Å²) >= 11 is 0.782. The lowest BCUT2D eigenvalue weighted by atomic mass is 10.1. The number of aromatic nitrogens is 3. The number of rotatable bonds is 5. The van der Waals surface area contributed by atoms with Gasteiger partial charge in [-0.2, -0.15) is 4.31 Å². The zero-order valence-electron chi connectivity index (χ0n) is 17.1. The summed E-state index contributed by atoms with van der Waals surface area (Å²) in [5.41, 5.74) is 5.07. The predicted octanol–water partition coefficient (Wildman–Crippen LogP) is 1.12. The molecule has 174 valence electrons. The van der Waals surface area contributed by atoms with Crippen LogP contribution in [0.15, 0.2) is 27.5 Å². The molecule has 1 aliphatic carbocycles. The van der Waals surface area contributed by atoms with Crippen molar-refractivity contribution in [3.8, 4) is 0 Å². The molecule has 0 bridgehead atoms. The Hall–Kier alpha value is -3.10. The number of hydrogen-bond acceptors (Lipinski definition) is 9. The van der Waals surface area contributed by atoms with Crippen LogP contribution in [0.4, 0.5) is 15.2 Å². The number of carboxylic acid groups (broad SMARTS) is 1. The van der Waals surface area contributed by atoms with Crippen molar-refractivity contribution >= 4 is 49.1 Å². The second-order valence-electron chi connectivity index (χ2n) is 7.93. The van der Waals surface area contributed by atoms with Crippen molar-refractivity contribution in [3.63, 3.8) is 0 Å². The molecule has 1 saturated carbocycles. The van der Waals surface area contributed by atoms with E-state index in [9.17, 15) is 23.1 Å². The Bertz CT molecular complexity index is 1440. The Morgan fingerprint density at radius 3 is 2.45 bits per heavy atom. The highest BCUT2D eigenvalue weighted by Gasteiger charge is 2.33. The van der Waals surface area contributed by atoms with E-state index in [1.54, 1.807) is 15.5 Å². The SMILES string of the molecule is Nc1nnc(S(=O)(=O)N2CCN(c3cc4c(cc3F)c(=O)c(C(=O)O)cn4C3CC3)CC2)s1. The highest BCUT2D eigenvalue weighted by Crippen LogP contribution is 2.38. The third-order valence-corrected chi connectivity index (χ3v) is 8.83. The van der Waals surface area contributed by atoms with Crippen molar-refractivity contribution in [1.29, 1.82) is 0 Å². The van der Waals surface area contributed by atoms with E-state index in [-0.39, 0.29) is 52.8 Å². The number of benzene rings is 1. The molecule has 2 aliphatic rings. The van der Waals surface area contributed by atoms with Gasteiger partial charge in [0.15, 0.2) is 0 Å². The van der Waals surface area contributed by atoms with Crippen LogP contribution < -0.4 is 16.1 Å². The number of carbonyl (C=O) groups is 1. The molecule has 0 spiro atoms. The number of halogens is 1. The smallest absolute Gasteiger partial charge is 0.341 e. The van der Waals surface area contributed by atoms with Crippen LogP contribution in [0.3, 0.4) is 0 Å². The van der Waals surface area contributed by atoms with Crippen molar-refractivity contribution in [3.05, 3.63) is 39.9 Å². The summed E-state index contributed by atoms with van der Waals surface area (Å²) in [5.74, 6) is -2.02. The largest absolute Gasteiger partial charge is 0.477 e. The fraction of sp³-hybridized carbons (Fsp3) is 0.368. The van der Waals surface area contributed by atoms with E-state index in [0.717, 1.165) is 30.2 Å². The monoisotopic (exact) mass is 494 g/mol. The predicted molar refractivity (Wildman–Crippen MR) is 119 cm³/mol. The first-order valence-corrected chi connectivity index (χ1v) is 12.4. The molecular formula is C19H19FN6O5S2. The Labute approximate surface area is 190 Å². The number of sulfonamides is 1. The molecule has 0 amide bonds. The van der Waals surface area contributed by atoms with Crippen molar-refractivity contribution in [1.82, 2.24) is 19.1 Å². The number of anilines is 2. The van der Waals surface area contributed by atoms with Crippen LogP contribution in [0, 0.1) is 5.82 Å². The van der Waals surface area contributed by atoms with Gasteiger partial charge in [0.2, 0.25) is 14.9 Å². The molecule has 0 radical (unpaired) electrons. The van der Waals surface area contributed by atoms with Crippen molar-refractivity contribution in [2.24, 2.45) is 0 Å². The first kappa shape index (κ1) is 21.7. The molecular weight excluding hydrogens is 475 g/mol. The maximum absolute atomic E-state index is 15.1. The van der Waals surface area contributed by atoms with Gasteiger partial charge in [0.25, 0.3) is 10.0 Å². The number of hydrogen-bond donors (Lipinski definition) is 2. The molecule has 1 aliphatic heterocycles. The van der Waals surface area contributed by atoms with E-state index in [0.29, 0.717) is 5.52 Å². The first-order chi connectivity index (χ1) is 15.7. The van der Waals surface area contributed by atoms with Crippen LogP contribution in [0.5, 0.6) is 0 Å². The average Bonchev–Trinajstić information content (AvgIpc) is 3.53. The van der Waals surface area contributed by atoms with E-state index in [1.807, 2.05) is 0 Å². The summed E-state index contributed by atoms with van der Waals surface area (Å²) in [6.45, 7) is 0.646. The second kappa shape index (κ2) is 7.74. The fourth-order valence-corrected chi connectivity index (χ4v) is 6.36. The van der Waals surface area contributed by atoms with E-state index < -0.39 is 32.8 Å². The second-order valence-corrected chi connectivity index (χ2v) is 11.1. The van der Waals surface area contributed by atoms with Gasteiger partial charge in [-0.3, -0.25) is 4.79 Å². The number of pyridine rings is 1. The molecule has 1 aromatic carbocycles. The van der Waals surface area contributed by atoms with E-state index in [1.165, 1.54) is 10.5 Å². The quantitative estimate of drug-likeness (QED) is 0.531. The van der Waals surface area contributed by atoms with Gasteiger partial charge in [0, 0.05) is 43.8 Å². The maximum Gasteiger partial charge on any atom is 0.341 e. The van der Waals surface area contributed by atoms with Gasteiger partial charge >= 0.3 is 5.97 Å². The van der Waals surface area contributed by atoms with Crippen LogP contribution >= 0.6 is 11.3 Å². The van der Waals surface area contributed by atoms with E-state index in [2.05, 4.69) is 10.2 Å². The molecule has 2 fully saturated rings. The van der Waals surface area contributed by atoms with Gasteiger partial charge in [-0.05, 0) is 25.0 Å². The van der Waals surface area contributed by atoms with Gasteiger partial charge in [-0.25, -0.2) is 17.6 Å². The Balaban J connectivity index is 1.47. The zero-order chi connectivity index (χ0) is 23.5.